The molecule has 2 rings (SSSR count). The molecule has 1 amide bonds. The van der Waals surface area contributed by atoms with E-state index in [0.29, 0.717) is 23.7 Å². The van der Waals surface area contributed by atoms with Crippen LogP contribution in [0.1, 0.15) is 10.4 Å². The highest BCUT2D eigenvalue weighted by molar-refractivity contribution is 9.10. The van der Waals surface area contributed by atoms with Crippen LogP contribution in [0.15, 0.2) is 22.7 Å². The Hall–Kier alpha value is -0.620. The highest BCUT2D eigenvalue weighted by atomic mass is 79.9. The Bertz CT molecular complexity index is 470. The molecule has 0 aromatic heterocycles. The lowest BCUT2D eigenvalue weighted by Crippen LogP contribution is -2.45. The first-order valence-electron chi connectivity index (χ1n) is 6.09. The van der Waals surface area contributed by atoms with Crippen molar-refractivity contribution in [1.29, 1.82) is 0 Å². The van der Waals surface area contributed by atoms with Crippen molar-refractivity contribution >= 4 is 33.4 Å². The zero-order chi connectivity index (χ0) is 13.8. The molecule has 0 spiro atoms. The number of benzene rings is 1. The number of carbonyl (C=O) groups excluding carboxylic acids is 1. The molecular formula is C13H16BrClN2O2. The Kier molecular flexibility index (Phi) is 5.21. The van der Waals surface area contributed by atoms with Crippen LogP contribution in [0.5, 0.6) is 0 Å². The van der Waals surface area contributed by atoms with Gasteiger partial charge in [-0.3, -0.25) is 4.79 Å². The first-order chi connectivity index (χ1) is 9.06. The minimum absolute atomic E-state index is 0.0358. The zero-order valence-electron chi connectivity index (χ0n) is 10.7. The number of hydrogen-bond donors (Lipinski definition) is 1. The molecule has 1 heterocycles. The Morgan fingerprint density at radius 2 is 2.42 bits per heavy atom. The van der Waals surface area contributed by atoms with Gasteiger partial charge in [0.1, 0.15) is 0 Å². The van der Waals surface area contributed by atoms with E-state index in [1.807, 2.05) is 7.05 Å². The third-order valence-corrected chi connectivity index (χ3v) is 3.83. The zero-order valence-corrected chi connectivity index (χ0v) is 13.0. The second-order valence-electron chi connectivity index (χ2n) is 4.59. The number of morpholine rings is 1. The Morgan fingerprint density at radius 1 is 1.63 bits per heavy atom. The highest BCUT2D eigenvalue weighted by Crippen LogP contribution is 2.20. The van der Waals surface area contributed by atoms with Crippen molar-refractivity contribution in [2.75, 3.05) is 33.3 Å². The molecule has 1 aliphatic heterocycles. The smallest absolute Gasteiger partial charge is 0.252 e. The maximum atomic E-state index is 12.1. The van der Waals surface area contributed by atoms with Crippen LogP contribution in [0, 0.1) is 0 Å². The van der Waals surface area contributed by atoms with E-state index in [0.717, 1.165) is 17.6 Å². The Morgan fingerprint density at radius 3 is 3.16 bits per heavy atom. The molecule has 1 aromatic carbocycles. The second kappa shape index (κ2) is 6.70. The third-order valence-electron chi connectivity index (χ3n) is 3.01. The molecule has 1 N–H and O–H groups in total. The summed E-state index contributed by atoms with van der Waals surface area (Å²) >= 11 is 9.34. The molecule has 6 heteroatoms. The molecule has 1 fully saturated rings. The molecule has 1 saturated heterocycles. The molecule has 1 atom stereocenters. The van der Waals surface area contributed by atoms with Crippen molar-refractivity contribution in [3.63, 3.8) is 0 Å². The quantitative estimate of drug-likeness (QED) is 0.911. The predicted molar refractivity (Wildman–Crippen MR) is 78.7 cm³/mol. The molecule has 4 nitrogen and oxygen atoms in total. The van der Waals surface area contributed by atoms with Crippen LogP contribution in [0.4, 0.5) is 0 Å². The van der Waals surface area contributed by atoms with Gasteiger partial charge in [-0.05, 0) is 25.2 Å². The molecular weight excluding hydrogens is 332 g/mol. The summed E-state index contributed by atoms with van der Waals surface area (Å²) in [6, 6.07) is 5.22. The van der Waals surface area contributed by atoms with Gasteiger partial charge in [0.15, 0.2) is 0 Å². The molecule has 1 aromatic rings. The Labute approximate surface area is 126 Å². The van der Waals surface area contributed by atoms with Crippen molar-refractivity contribution < 1.29 is 9.53 Å². The van der Waals surface area contributed by atoms with Gasteiger partial charge >= 0.3 is 0 Å². The summed E-state index contributed by atoms with van der Waals surface area (Å²) < 4.78 is 6.42. The number of nitrogens with zero attached hydrogens (tertiary/aromatic N) is 1. The van der Waals surface area contributed by atoms with Gasteiger partial charge in [0.25, 0.3) is 5.91 Å². The fourth-order valence-corrected chi connectivity index (χ4v) is 2.53. The minimum Gasteiger partial charge on any atom is -0.374 e. The number of rotatable bonds is 3. The molecule has 19 heavy (non-hydrogen) atoms. The molecule has 1 unspecified atom stereocenters. The molecule has 104 valence electrons. The van der Waals surface area contributed by atoms with Crippen molar-refractivity contribution in [2.45, 2.75) is 6.10 Å². The van der Waals surface area contributed by atoms with Crippen LogP contribution in [0.2, 0.25) is 5.02 Å². The lowest BCUT2D eigenvalue weighted by molar-refractivity contribution is -0.0175. The lowest BCUT2D eigenvalue weighted by Gasteiger charge is -2.30. The van der Waals surface area contributed by atoms with Crippen LogP contribution in [-0.4, -0.2) is 50.2 Å². The van der Waals surface area contributed by atoms with E-state index in [1.165, 1.54) is 0 Å². The van der Waals surface area contributed by atoms with E-state index in [1.54, 1.807) is 18.2 Å². The van der Waals surface area contributed by atoms with Crippen molar-refractivity contribution in [3.05, 3.63) is 33.3 Å². The van der Waals surface area contributed by atoms with Crippen LogP contribution < -0.4 is 5.32 Å². The summed E-state index contributed by atoms with van der Waals surface area (Å²) in [6.07, 6.45) is 0.0358. The van der Waals surface area contributed by atoms with E-state index in [9.17, 15) is 4.79 Å². The molecule has 0 saturated carbocycles. The van der Waals surface area contributed by atoms with Gasteiger partial charge < -0.3 is 15.0 Å². The van der Waals surface area contributed by atoms with E-state index < -0.39 is 0 Å². The van der Waals surface area contributed by atoms with Crippen molar-refractivity contribution in [3.8, 4) is 0 Å². The van der Waals surface area contributed by atoms with Gasteiger partial charge in [-0.1, -0.05) is 27.5 Å². The first kappa shape index (κ1) is 14.8. The number of amides is 1. The molecule has 0 bridgehead atoms. The van der Waals surface area contributed by atoms with Crippen molar-refractivity contribution in [2.24, 2.45) is 0 Å². The first-order valence-corrected chi connectivity index (χ1v) is 7.27. The summed E-state index contributed by atoms with van der Waals surface area (Å²) in [5.41, 5.74) is 0.472. The number of hydrogen-bond acceptors (Lipinski definition) is 3. The molecule has 1 aliphatic rings. The lowest BCUT2D eigenvalue weighted by atomic mass is 10.2. The largest absolute Gasteiger partial charge is 0.374 e. The number of nitrogens with one attached hydrogen (secondary N) is 1. The van der Waals surface area contributed by atoms with Crippen LogP contribution >= 0.6 is 27.5 Å². The Balaban J connectivity index is 1.92. The summed E-state index contributed by atoms with van der Waals surface area (Å²) in [7, 11) is 2.04. The van der Waals surface area contributed by atoms with Gasteiger partial charge in [0.05, 0.1) is 23.3 Å². The van der Waals surface area contributed by atoms with Crippen molar-refractivity contribution in [1.82, 2.24) is 10.2 Å². The summed E-state index contributed by atoms with van der Waals surface area (Å²) in [6.45, 7) is 2.95. The minimum atomic E-state index is -0.178. The van der Waals surface area contributed by atoms with Gasteiger partial charge in [-0.25, -0.2) is 0 Å². The number of halogens is 2. The summed E-state index contributed by atoms with van der Waals surface area (Å²) in [5, 5.41) is 3.31. The fourth-order valence-electron chi connectivity index (χ4n) is 1.96. The maximum absolute atomic E-state index is 12.1. The topological polar surface area (TPSA) is 41.6 Å². The maximum Gasteiger partial charge on any atom is 0.252 e. The number of ether oxygens (including phenoxy) is 1. The molecule has 0 radical (unpaired) electrons. The second-order valence-corrected chi connectivity index (χ2v) is 5.91. The van der Waals surface area contributed by atoms with Gasteiger partial charge in [0, 0.05) is 24.1 Å². The monoisotopic (exact) mass is 346 g/mol. The average Bonchev–Trinajstić information content (AvgIpc) is 2.39. The van der Waals surface area contributed by atoms with Gasteiger partial charge in [-0.2, -0.15) is 0 Å². The normalized spacial score (nSPS) is 20.3. The standard InChI is InChI=1S/C13H16BrClN2O2/c1-17-4-5-19-10(8-17)7-16-13(18)11-6-9(14)2-3-12(11)15/h2-3,6,10H,4-5,7-8H2,1H3,(H,16,18). The van der Waals surface area contributed by atoms with Crippen LogP contribution in [-0.2, 0) is 4.74 Å². The van der Waals surface area contributed by atoms with E-state index in [2.05, 4.69) is 26.1 Å². The third kappa shape index (κ3) is 4.18. The van der Waals surface area contributed by atoms with Crippen LogP contribution in [0.3, 0.4) is 0 Å². The van der Waals surface area contributed by atoms with E-state index in [-0.39, 0.29) is 12.0 Å². The van der Waals surface area contributed by atoms with Gasteiger partial charge in [-0.15, -0.1) is 0 Å². The fraction of sp³-hybridized carbons (Fsp3) is 0.462. The van der Waals surface area contributed by atoms with E-state index in [4.69, 9.17) is 16.3 Å². The predicted octanol–water partition coefficient (Wildman–Crippen LogP) is 2.16. The van der Waals surface area contributed by atoms with E-state index >= 15 is 0 Å². The number of likely N-dealkylation sites (N-methyl/N-ethyl adjacent to an activating group) is 1. The summed E-state index contributed by atoms with van der Waals surface area (Å²) in [4.78, 5) is 14.2. The van der Waals surface area contributed by atoms with Crippen LogP contribution in [0.25, 0.3) is 0 Å². The highest BCUT2D eigenvalue weighted by Gasteiger charge is 2.19. The average molecular weight is 348 g/mol. The summed E-state index contributed by atoms with van der Waals surface area (Å²) in [5.74, 6) is -0.178. The number of carbonyl (C=O) groups is 1. The SMILES string of the molecule is CN1CCOC(CNC(=O)c2cc(Br)ccc2Cl)C1. The molecule has 0 aliphatic carbocycles. The van der Waals surface area contributed by atoms with Gasteiger partial charge in [0.2, 0.25) is 0 Å².